The van der Waals surface area contributed by atoms with Crippen LogP contribution in [0.5, 0.6) is 11.5 Å². The van der Waals surface area contributed by atoms with Crippen molar-refractivity contribution in [2.24, 2.45) is 0 Å². The van der Waals surface area contributed by atoms with Crippen molar-refractivity contribution < 1.29 is 13.9 Å². The lowest BCUT2D eigenvalue weighted by molar-refractivity contribution is 0.173. The molecule has 0 radical (unpaired) electrons. The van der Waals surface area contributed by atoms with E-state index in [4.69, 9.17) is 9.47 Å². The van der Waals surface area contributed by atoms with E-state index in [9.17, 15) is 4.39 Å². The first kappa shape index (κ1) is 11.3. The summed E-state index contributed by atoms with van der Waals surface area (Å²) < 4.78 is 25.2. The van der Waals surface area contributed by atoms with Gasteiger partial charge in [0.05, 0.1) is 4.47 Å². The van der Waals surface area contributed by atoms with E-state index in [0.717, 1.165) is 19.4 Å². The average Bonchev–Trinajstić information content (AvgIpc) is 2.94. The van der Waals surface area contributed by atoms with Crippen LogP contribution in [0.1, 0.15) is 18.4 Å². The Balaban J connectivity index is 1.92. The number of hydrogen-bond donors (Lipinski definition) is 1. The Hall–Kier alpha value is -0.810. The zero-order chi connectivity index (χ0) is 11.8. The molecule has 1 saturated heterocycles. The number of fused-ring (bicyclic) bond motifs is 1. The molecule has 0 spiro atoms. The Kier molecular flexibility index (Phi) is 2.96. The van der Waals surface area contributed by atoms with E-state index in [-0.39, 0.29) is 12.6 Å². The van der Waals surface area contributed by atoms with Crippen LogP contribution in [0.25, 0.3) is 0 Å². The number of rotatable bonds is 2. The second-order valence-corrected chi connectivity index (χ2v) is 5.18. The van der Waals surface area contributed by atoms with Crippen LogP contribution in [0.15, 0.2) is 10.5 Å². The largest absolute Gasteiger partial charge is 0.453 e. The van der Waals surface area contributed by atoms with Crippen molar-refractivity contribution in [2.45, 2.75) is 25.3 Å². The van der Waals surface area contributed by atoms with Gasteiger partial charge < -0.3 is 14.8 Å². The average molecular weight is 302 g/mol. The highest BCUT2D eigenvalue weighted by Crippen LogP contribution is 2.42. The zero-order valence-electron chi connectivity index (χ0n) is 9.26. The molecule has 92 valence electrons. The molecule has 2 aliphatic rings. The van der Waals surface area contributed by atoms with Crippen LogP contribution in [-0.2, 0) is 6.42 Å². The molecule has 0 aromatic heterocycles. The van der Waals surface area contributed by atoms with Crippen molar-refractivity contribution in [1.82, 2.24) is 5.32 Å². The zero-order valence-corrected chi connectivity index (χ0v) is 10.8. The van der Waals surface area contributed by atoms with E-state index in [1.165, 1.54) is 6.07 Å². The lowest BCUT2D eigenvalue weighted by Crippen LogP contribution is -2.24. The minimum absolute atomic E-state index is 0.165. The lowest BCUT2D eigenvalue weighted by Gasteiger charge is -2.13. The standard InChI is InChI=1S/C12H13BrFNO2/c13-11-8(4-7-2-1-3-15-7)9(14)5-10-12(11)17-6-16-10/h5,7,15H,1-4,6H2. The molecule has 3 nitrogen and oxygen atoms in total. The molecule has 17 heavy (non-hydrogen) atoms. The van der Waals surface area contributed by atoms with Gasteiger partial charge in [0.15, 0.2) is 11.5 Å². The second-order valence-electron chi connectivity index (χ2n) is 4.38. The smallest absolute Gasteiger partial charge is 0.231 e. The van der Waals surface area contributed by atoms with Gasteiger partial charge in [-0.05, 0) is 41.7 Å². The first-order chi connectivity index (χ1) is 8.25. The summed E-state index contributed by atoms with van der Waals surface area (Å²) in [7, 11) is 0. The van der Waals surface area contributed by atoms with Crippen molar-refractivity contribution >= 4 is 15.9 Å². The van der Waals surface area contributed by atoms with E-state index < -0.39 is 0 Å². The van der Waals surface area contributed by atoms with Crippen LogP contribution in [0.3, 0.4) is 0 Å². The molecule has 3 rings (SSSR count). The number of nitrogens with one attached hydrogen (secondary N) is 1. The fraction of sp³-hybridized carbons (Fsp3) is 0.500. The predicted octanol–water partition coefficient (Wildman–Crippen LogP) is 2.61. The van der Waals surface area contributed by atoms with E-state index in [1.807, 2.05) is 0 Å². The molecule has 2 aliphatic heterocycles. The van der Waals surface area contributed by atoms with Gasteiger partial charge >= 0.3 is 0 Å². The van der Waals surface area contributed by atoms with E-state index in [0.29, 0.717) is 34.0 Å². The molecule has 1 fully saturated rings. The molecule has 1 unspecified atom stereocenters. The maximum Gasteiger partial charge on any atom is 0.231 e. The first-order valence-corrected chi connectivity index (χ1v) is 6.55. The fourth-order valence-corrected chi connectivity index (χ4v) is 3.04. The van der Waals surface area contributed by atoms with E-state index in [2.05, 4.69) is 21.2 Å². The monoisotopic (exact) mass is 301 g/mol. The molecule has 0 amide bonds. The van der Waals surface area contributed by atoms with Gasteiger partial charge in [0.25, 0.3) is 0 Å². The van der Waals surface area contributed by atoms with Crippen LogP contribution in [0.2, 0.25) is 0 Å². The normalized spacial score (nSPS) is 22.1. The Morgan fingerprint density at radius 2 is 2.35 bits per heavy atom. The molecule has 0 saturated carbocycles. The third-order valence-corrected chi connectivity index (χ3v) is 4.10. The Bertz CT molecular complexity index is 447. The number of benzene rings is 1. The van der Waals surface area contributed by atoms with Gasteiger partial charge in [-0.15, -0.1) is 0 Å². The molecule has 1 atom stereocenters. The summed E-state index contributed by atoms with van der Waals surface area (Å²) in [5.41, 5.74) is 0.675. The van der Waals surface area contributed by atoms with Crippen molar-refractivity contribution in [2.75, 3.05) is 13.3 Å². The van der Waals surface area contributed by atoms with Crippen LogP contribution in [0.4, 0.5) is 4.39 Å². The minimum atomic E-state index is -0.227. The summed E-state index contributed by atoms with van der Waals surface area (Å²) in [6.07, 6.45) is 2.94. The van der Waals surface area contributed by atoms with Crippen LogP contribution in [-0.4, -0.2) is 19.4 Å². The molecule has 1 aromatic carbocycles. The van der Waals surface area contributed by atoms with Gasteiger partial charge in [-0.2, -0.15) is 0 Å². The quantitative estimate of drug-likeness (QED) is 0.911. The maximum absolute atomic E-state index is 14.0. The summed E-state index contributed by atoms with van der Waals surface area (Å²) in [6, 6.07) is 1.78. The highest BCUT2D eigenvalue weighted by molar-refractivity contribution is 9.10. The third-order valence-electron chi connectivity index (χ3n) is 3.26. The van der Waals surface area contributed by atoms with Crippen molar-refractivity contribution in [3.63, 3.8) is 0 Å². The summed E-state index contributed by atoms with van der Waals surface area (Å²) in [5.74, 6) is 0.881. The number of halogens is 2. The molecule has 5 heteroatoms. The maximum atomic E-state index is 14.0. The minimum Gasteiger partial charge on any atom is -0.453 e. The van der Waals surface area contributed by atoms with Crippen molar-refractivity contribution in [3.05, 3.63) is 21.9 Å². The Labute approximate surface area is 107 Å². The number of ether oxygens (including phenoxy) is 2. The third kappa shape index (κ3) is 2.02. The molecular weight excluding hydrogens is 289 g/mol. The molecule has 0 aliphatic carbocycles. The molecule has 1 aromatic rings. The Morgan fingerprint density at radius 1 is 1.47 bits per heavy atom. The van der Waals surface area contributed by atoms with Gasteiger partial charge in [0, 0.05) is 17.7 Å². The molecule has 2 heterocycles. The molecule has 0 bridgehead atoms. The summed E-state index contributed by atoms with van der Waals surface area (Å²) in [6.45, 7) is 1.19. The van der Waals surface area contributed by atoms with Gasteiger partial charge in [-0.1, -0.05) is 0 Å². The number of hydrogen-bond acceptors (Lipinski definition) is 3. The van der Waals surface area contributed by atoms with Gasteiger partial charge in [-0.3, -0.25) is 0 Å². The van der Waals surface area contributed by atoms with Gasteiger partial charge in [0.1, 0.15) is 5.82 Å². The van der Waals surface area contributed by atoms with Crippen LogP contribution in [0, 0.1) is 5.82 Å². The summed E-state index contributed by atoms with van der Waals surface area (Å²) in [4.78, 5) is 0. The second kappa shape index (κ2) is 4.46. The summed E-state index contributed by atoms with van der Waals surface area (Å²) in [5, 5.41) is 3.37. The van der Waals surface area contributed by atoms with Gasteiger partial charge in [-0.25, -0.2) is 4.39 Å². The van der Waals surface area contributed by atoms with Crippen molar-refractivity contribution in [3.8, 4) is 11.5 Å². The van der Waals surface area contributed by atoms with Crippen molar-refractivity contribution in [1.29, 1.82) is 0 Å². The van der Waals surface area contributed by atoms with E-state index in [1.54, 1.807) is 0 Å². The highest BCUT2D eigenvalue weighted by atomic mass is 79.9. The van der Waals surface area contributed by atoms with Gasteiger partial charge in [0.2, 0.25) is 6.79 Å². The first-order valence-electron chi connectivity index (χ1n) is 5.75. The van der Waals surface area contributed by atoms with Crippen LogP contribution >= 0.6 is 15.9 Å². The SMILES string of the molecule is Fc1cc2c(c(Br)c1CC1CCCN1)OCO2. The highest BCUT2D eigenvalue weighted by Gasteiger charge is 2.25. The van der Waals surface area contributed by atoms with E-state index >= 15 is 0 Å². The topological polar surface area (TPSA) is 30.5 Å². The molecule has 1 N–H and O–H groups in total. The fourth-order valence-electron chi connectivity index (χ4n) is 2.38. The predicted molar refractivity (Wildman–Crippen MR) is 65.0 cm³/mol. The molecular formula is C12H13BrFNO2. The summed E-state index contributed by atoms with van der Waals surface area (Å²) >= 11 is 3.42. The Morgan fingerprint density at radius 3 is 3.12 bits per heavy atom. The lowest BCUT2D eigenvalue weighted by atomic mass is 10.0. The van der Waals surface area contributed by atoms with Crippen LogP contribution < -0.4 is 14.8 Å².